The summed E-state index contributed by atoms with van der Waals surface area (Å²) in [5, 5.41) is 7.66. The van der Waals surface area contributed by atoms with Gasteiger partial charge in [-0.15, -0.1) is 0 Å². The van der Waals surface area contributed by atoms with Gasteiger partial charge in [0.2, 0.25) is 5.95 Å². The zero-order valence-electron chi connectivity index (χ0n) is 11.6. The molecule has 5 nitrogen and oxygen atoms in total. The van der Waals surface area contributed by atoms with Gasteiger partial charge in [-0.2, -0.15) is 10.1 Å². The molecular formula is C13H19N5. The highest BCUT2D eigenvalue weighted by molar-refractivity contribution is 5.37. The molecule has 0 bridgehead atoms. The van der Waals surface area contributed by atoms with E-state index in [1.54, 1.807) is 0 Å². The van der Waals surface area contributed by atoms with Gasteiger partial charge in [-0.05, 0) is 40.2 Å². The van der Waals surface area contributed by atoms with Crippen molar-refractivity contribution in [2.45, 2.75) is 34.6 Å². The number of rotatable bonds is 3. The summed E-state index contributed by atoms with van der Waals surface area (Å²) < 4.78 is 1.88. The fraction of sp³-hybridized carbons (Fsp3) is 0.462. The van der Waals surface area contributed by atoms with Gasteiger partial charge in [0.05, 0.1) is 5.69 Å². The molecule has 0 atom stereocenters. The lowest BCUT2D eigenvalue weighted by atomic mass is 10.2. The van der Waals surface area contributed by atoms with Crippen LogP contribution in [0.2, 0.25) is 0 Å². The molecule has 0 saturated heterocycles. The van der Waals surface area contributed by atoms with Gasteiger partial charge in [-0.1, -0.05) is 0 Å². The molecule has 5 heteroatoms. The van der Waals surface area contributed by atoms with Gasteiger partial charge in [-0.25, -0.2) is 9.67 Å². The largest absolute Gasteiger partial charge is 0.354 e. The summed E-state index contributed by atoms with van der Waals surface area (Å²) in [5.41, 5.74) is 4.29. The van der Waals surface area contributed by atoms with Crippen molar-refractivity contribution in [1.82, 2.24) is 19.7 Å². The third-order valence-electron chi connectivity index (χ3n) is 3.05. The Hall–Kier alpha value is -1.91. The van der Waals surface area contributed by atoms with E-state index in [-0.39, 0.29) is 0 Å². The maximum absolute atomic E-state index is 4.52. The van der Waals surface area contributed by atoms with E-state index < -0.39 is 0 Å². The number of hydrogen-bond acceptors (Lipinski definition) is 4. The Labute approximate surface area is 107 Å². The first-order valence-electron chi connectivity index (χ1n) is 6.15. The summed E-state index contributed by atoms with van der Waals surface area (Å²) in [5.74, 6) is 1.46. The predicted octanol–water partition coefficient (Wildman–Crippen LogP) is 2.33. The van der Waals surface area contributed by atoms with Crippen LogP contribution in [0.25, 0.3) is 5.82 Å². The molecule has 0 amide bonds. The highest BCUT2D eigenvalue weighted by atomic mass is 15.3. The van der Waals surface area contributed by atoms with E-state index in [0.717, 1.165) is 29.4 Å². The average molecular weight is 245 g/mol. The van der Waals surface area contributed by atoms with Gasteiger partial charge in [-0.3, -0.25) is 0 Å². The summed E-state index contributed by atoms with van der Waals surface area (Å²) in [6.45, 7) is 10.9. The minimum Gasteiger partial charge on any atom is -0.354 e. The lowest BCUT2D eigenvalue weighted by molar-refractivity contribution is 0.797. The summed E-state index contributed by atoms with van der Waals surface area (Å²) >= 11 is 0. The smallest absolute Gasteiger partial charge is 0.224 e. The Morgan fingerprint density at radius 2 is 1.89 bits per heavy atom. The van der Waals surface area contributed by atoms with Gasteiger partial charge < -0.3 is 5.32 Å². The Morgan fingerprint density at radius 3 is 2.44 bits per heavy atom. The first-order chi connectivity index (χ1) is 8.52. The first-order valence-corrected chi connectivity index (χ1v) is 6.15. The quantitative estimate of drug-likeness (QED) is 0.901. The molecule has 0 radical (unpaired) electrons. The molecular weight excluding hydrogens is 226 g/mol. The lowest BCUT2D eigenvalue weighted by Gasteiger charge is -2.08. The van der Waals surface area contributed by atoms with Crippen molar-refractivity contribution in [2.75, 3.05) is 11.9 Å². The predicted molar refractivity (Wildman–Crippen MR) is 72.3 cm³/mol. The van der Waals surface area contributed by atoms with E-state index in [1.807, 2.05) is 31.5 Å². The summed E-state index contributed by atoms with van der Waals surface area (Å²) in [4.78, 5) is 8.83. The molecule has 2 aromatic heterocycles. The molecule has 2 rings (SSSR count). The second kappa shape index (κ2) is 4.76. The Balaban J connectivity index is 2.52. The Bertz CT molecular complexity index is 571. The van der Waals surface area contributed by atoms with E-state index >= 15 is 0 Å². The third kappa shape index (κ3) is 2.20. The van der Waals surface area contributed by atoms with Crippen LogP contribution in [0.15, 0.2) is 6.07 Å². The molecule has 0 spiro atoms. The van der Waals surface area contributed by atoms with Gasteiger partial charge in [0, 0.05) is 24.0 Å². The van der Waals surface area contributed by atoms with Gasteiger partial charge in [0.15, 0.2) is 5.82 Å². The van der Waals surface area contributed by atoms with Crippen LogP contribution in [0, 0.1) is 27.7 Å². The van der Waals surface area contributed by atoms with Gasteiger partial charge in [0.1, 0.15) is 0 Å². The third-order valence-corrected chi connectivity index (χ3v) is 3.05. The van der Waals surface area contributed by atoms with Crippen molar-refractivity contribution in [1.29, 1.82) is 0 Å². The molecule has 0 unspecified atom stereocenters. The molecule has 2 heterocycles. The summed E-state index contributed by atoms with van der Waals surface area (Å²) in [6, 6.07) is 1.94. The fourth-order valence-corrected chi connectivity index (χ4v) is 1.84. The van der Waals surface area contributed by atoms with Crippen LogP contribution in [0.3, 0.4) is 0 Å². The topological polar surface area (TPSA) is 55.6 Å². The zero-order chi connectivity index (χ0) is 13.3. The molecule has 0 fully saturated rings. The Kier molecular flexibility index (Phi) is 3.32. The number of aromatic nitrogens is 4. The zero-order valence-corrected chi connectivity index (χ0v) is 11.6. The van der Waals surface area contributed by atoms with Crippen LogP contribution >= 0.6 is 0 Å². The molecule has 0 aliphatic heterocycles. The monoisotopic (exact) mass is 245 g/mol. The minimum absolute atomic E-state index is 0.651. The van der Waals surface area contributed by atoms with Crippen LogP contribution < -0.4 is 5.32 Å². The first kappa shape index (κ1) is 12.5. The summed E-state index contributed by atoms with van der Waals surface area (Å²) in [6.07, 6.45) is 0. The highest BCUT2D eigenvalue weighted by Gasteiger charge is 2.11. The van der Waals surface area contributed by atoms with Crippen molar-refractivity contribution < 1.29 is 0 Å². The molecule has 1 N–H and O–H groups in total. The lowest BCUT2D eigenvalue weighted by Crippen LogP contribution is -2.08. The molecule has 0 aliphatic rings. The van der Waals surface area contributed by atoms with E-state index in [9.17, 15) is 0 Å². The molecule has 0 aliphatic carbocycles. The SMILES string of the molecule is CCNc1nc(C)cc(-n2nc(C)c(C)c2C)n1. The van der Waals surface area contributed by atoms with Gasteiger partial charge in [0.25, 0.3) is 0 Å². The molecule has 0 saturated carbocycles. The van der Waals surface area contributed by atoms with E-state index in [2.05, 4.69) is 34.2 Å². The van der Waals surface area contributed by atoms with Crippen LogP contribution in [0.5, 0.6) is 0 Å². The number of hydrogen-bond donors (Lipinski definition) is 1. The van der Waals surface area contributed by atoms with Crippen molar-refractivity contribution in [2.24, 2.45) is 0 Å². The van der Waals surface area contributed by atoms with Crippen molar-refractivity contribution in [3.8, 4) is 5.82 Å². The van der Waals surface area contributed by atoms with Crippen LogP contribution in [-0.4, -0.2) is 26.3 Å². The minimum atomic E-state index is 0.651. The van der Waals surface area contributed by atoms with E-state index in [0.29, 0.717) is 5.95 Å². The Morgan fingerprint density at radius 1 is 1.17 bits per heavy atom. The average Bonchev–Trinajstić information content (AvgIpc) is 2.57. The second-order valence-electron chi connectivity index (χ2n) is 4.43. The molecule has 96 valence electrons. The van der Waals surface area contributed by atoms with Gasteiger partial charge >= 0.3 is 0 Å². The molecule has 2 aromatic rings. The summed E-state index contributed by atoms with van der Waals surface area (Å²) in [7, 11) is 0. The van der Waals surface area contributed by atoms with Crippen molar-refractivity contribution in [3.63, 3.8) is 0 Å². The number of anilines is 1. The molecule has 18 heavy (non-hydrogen) atoms. The maximum atomic E-state index is 4.52. The van der Waals surface area contributed by atoms with E-state index in [4.69, 9.17) is 0 Å². The van der Waals surface area contributed by atoms with Crippen LogP contribution in [0.4, 0.5) is 5.95 Å². The van der Waals surface area contributed by atoms with E-state index in [1.165, 1.54) is 5.56 Å². The van der Waals surface area contributed by atoms with Crippen molar-refractivity contribution in [3.05, 3.63) is 28.7 Å². The van der Waals surface area contributed by atoms with Crippen LogP contribution in [-0.2, 0) is 0 Å². The number of nitrogens with zero attached hydrogens (tertiary/aromatic N) is 4. The van der Waals surface area contributed by atoms with Crippen molar-refractivity contribution >= 4 is 5.95 Å². The number of nitrogens with one attached hydrogen (secondary N) is 1. The number of aryl methyl sites for hydroxylation is 2. The standard InChI is InChI=1S/C13H19N5/c1-6-14-13-15-8(2)7-12(16-13)18-11(5)9(3)10(4)17-18/h7H,6H2,1-5H3,(H,14,15,16). The fourth-order valence-electron chi connectivity index (χ4n) is 1.84. The maximum Gasteiger partial charge on any atom is 0.224 e. The van der Waals surface area contributed by atoms with Crippen LogP contribution in [0.1, 0.15) is 29.6 Å². The molecule has 0 aromatic carbocycles. The second-order valence-corrected chi connectivity index (χ2v) is 4.43. The highest BCUT2D eigenvalue weighted by Crippen LogP contribution is 2.16. The normalized spacial score (nSPS) is 10.7.